The molecule has 126 valence electrons. The number of nitrogens with zero attached hydrogens (tertiary/aromatic N) is 1. The van der Waals surface area contributed by atoms with Crippen LogP contribution in [0.4, 0.5) is 18.3 Å². The van der Waals surface area contributed by atoms with E-state index < -0.39 is 11.7 Å². The molecule has 0 aliphatic carbocycles. The number of aromatic nitrogens is 1. The smallest absolute Gasteiger partial charge is 0.379 e. The number of halogens is 3. The number of hydrogen-bond acceptors (Lipinski definition) is 5. The third-order valence-electron chi connectivity index (χ3n) is 3.55. The van der Waals surface area contributed by atoms with Gasteiger partial charge in [0, 0.05) is 12.6 Å². The van der Waals surface area contributed by atoms with E-state index in [1.807, 2.05) is 6.92 Å². The molecule has 2 heterocycles. The van der Waals surface area contributed by atoms with Crippen molar-refractivity contribution in [3.05, 3.63) is 23.8 Å². The van der Waals surface area contributed by atoms with Crippen molar-refractivity contribution in [2.24, 2.45) is 0 Å². The number of fused-ring (bicyclic) bond motifs is 1. The summed E-state index contributed by atoms with van der Waals surface area (Å²) in [6.07, 6.45) is -3.33. The summed E-state index contributed by atoms with van der Waals surface area (Å²) in [4.78, 5) is 4.23. The van der Waals surface area contributed by atoms with Crippen LogP contribution in [0.1, 0.15) is 18.9 Å². The third-order valence-corrected chi connectivity index (χ3v) is 4.52. The molecule has 0 bridgehead atoms. The number of alkyl halides is 3. The molecule has 1 aromatic heterocycles. The van der Waals surface area contributed by atoms with E-state index in [0.717, 1.165) is 29.9 Å². The summed E-state index contributed by atoms with van der Waals surface area (Å²) in [5.74, 6) is 0. The highest BCUT2D eigenvalue weighted by molar-refractivity contribution is 7.22. The Morgan fingerprint density at radius 2 is 2.30 bits per heavy atom. The van der Waals surface area contributed by atoms with Crippen LogP contribution in [0.3, 0.4) is 0 Å². The van der Waals surface area contributed by atoms with Gasteiger partial charge in [0.05, 0.1) is 35.1 Å². The average Bonchev–Trinajstić information content (AvgIpc) is 3.12. The van der Waals surface area contributed by atoms with E-state index in [4.69, 9.17) is 9.47 Å². The first-order chi connectivity index (χ1) is 10.9. The van der Waals surface area contributed by atoms with Gasteiger partial charge >= 0.3 is 6.18 Å². The molecule has 0 unspecified atom stereocenters. The van der Waals surface area contributed by atoms with Gasteiger partial charge in [-0.2, -0.15) is 13.2 Å². The maximum Gasteiger partial charge on any atom is 0.416 e. The van der Waals surface area contributed by atoms with Crippen LogP contribution in [-0.2, 0) is 15.7 Å². The summed E-state index contributed by atoms with van der Waals surface area (Å²) in [6, 6.07) is 3.63. The van der Waals surface area contributed by atoms with E-state index in [2.05, 4.69) is 10.3 Å². The molecule has 0 saturated carbocycles. The molecule has 0 spiro atoms. The lowest BCUT2D eigenvalue weighted by atomic mass is 10.2. The fraction of sp³-hybridized carbons (Fsp3) is 0.533. The third kappa shape index (κ3) is 4.13. The summed E-state index contributed by atoms with van der Waals surface area (Å²) in [7, 11) is 0. The summed E-state index contributed by atoms with van der Waals surface area (Å²) < 4.78 is 49.8. The second kappa shape index (κ2) is 6.62. The minimum atomic E-state index is -4.35. The number of thiazole rings is 1. The molecule has 1 N–H and O–H groups in total. The minimum absolute atomic E-state index is 0.0123. The molecule has 1 fully saturated rings. The van der Waals surface area contributed by atoms with Gasteiger partial charge in [-0.1, -0.05) is 11.3 Å². The number of nitrogens with one attached hydrogen (secondary N) is 1. The van der Waals surface area contributed by atoms with Crippen LogP contribution in [0.5, 0.6) is 0 Å². The molecule has 1 saturated heterocycles. The molecule has 0 amide bonds. The molecule has 1 aliphatic heterocycles. The first-order valence-electron chi connectivity index (χ1n) is 7.35. The van der Waals surface area contributed by atoms with Gasteiger partial charge in [0.25, 0.3) is 0 Å². The predicted molar refractivity (Wildman–Crippen MR) is 82.9 cm³/mol. The van der Waals surface area contributed by atoms with Crippen LogP contribution in [0, 0.1) is 0 Å². The molecule has 0 radical (unpaired) electrons. The Hall–Kier alpha value is -1.38. The van der Waals surface area contributed by atoms with Crippen molar-refractivity contribution in [3.63, 3.8) is 0 Å². The van der Waals surface area contributed by atoms with Crippen molar-refractivity contribution in [1.82, 2.24) is 4.98 Å². The number of benzene rings is 1. The molecule has 3 rings (SSSR count). The Morgan fingerprint density at radius 3 is 3.00 bits per heavy atom. The summed E-state index contributed by atoms with van der Waals surface area (Å²) in [6.45, 7) is 3.79. The molecule has 8 heteroatoms. The number of rotatable bonds is 5. The fourth-order valence-corrected chi connectivity index (χ4v) is 3.30. The maximum atomic E-state index is 12.7. The number of hydrogen-bond donors (Lipinski definition) is 1. The van der Waals surface area contributed by atoms with Crippen molar-refractivity contribution < 1.29 is 22.6 Å². The summed E-state index contributed by atoms with van der Waals surface area (Å²) in [5, 5.41) is 3.77. The molecule has 4 nitrogen and oxygen atoms in total. The van der Waals surface area contributed by atoms with E-state index in [1.165, 1.54) is 17.4 Å². The zero-order valence-corrected chi connectivity index (χ0v) is 13.3. The molecule has 1 aromatic carbocycles. The Balaban J connectivity index is 1.63. The van der Waals surface area contributed by atoms with Crippen molar-refractivity contribution >= 4 is 26.7 Å². The molecular weight excluding hydrogens is 329 g/mol. The van der Waals surface area contributed by atoms with E-state index in [9.17, 15) is 13.2 Å². The van der Waals surface area contributed by atoms with Gasteiger partial charge in [0.15, 0.2) is 5.13 Å². The highest BCUT2D eigenvalue weighted by Crippen LogP contribution is 2.34. The van der Waals surface area contributed by atoms with Crippen LogP contribution in [0.25, 0.3) is 10.2 Å². The topological polar surface area (TPSA) is 43.4 Å². The van der Waals surface area contributed by atoms with Gasteiger partial charge in [0.2, 0.25) is 0 Å². The molecule has 1 aliphatic rings. The molecule has 2 atom stereocenters. The number of ether oxygens (including phenoxy) is 2. The van der Waals surface area contributed by atoms with E-state index >= 15 is 0 Å². The van der Waals surface area contributed by atoms with E-state index in [1.54, 1.807) is 0 Å². The quantitative estimate of drug-likeness (QED) is 0.891. The Morgan fingerprint density at radius 1 is 1.48 bits per heavy atom. The predicted octanol–water partition coefficient (Wildman–Crippen LogP) is 3.92. The van der Waals surface area contributed by atoms with Gasteiger partial charge in [-0.25, -0.2) is 4.98 Å². The Bertz CT molecular complexity index is 668. The Labute approximate surface area is 135 Å². The van der Waals surface area contributed by atoms with Crippen LogP contribution in [-0.4, -0.2) is 37.0 Å². The number of anilines is 1. The lowest BCUT2D eigenvalue weighted by Crippen LogP contribution is -2.25. The normalized spacial score (nSPS) is 20.1. The SMILES string of the molecule is C[C@H](CO[C@@H]1CCOC1)Nc1nc2cc(C(F)(F)F)ccc2s1. The summed E-state index contributed by atoms with van der Waals surface area (Å²) in [5.41, 5.74) is -0.330. The van der Waals surface area contributed by atoms with Crippen LogP contribution >= 0.6 is 11.3 Å². The van der Waals surface area contributed by atoms with Crippen molar-refractivity contribution in [2.45, 2.75) is 31.7 Å². The fourth-order valence-electron chi connectivity index (χ4n) is 2.34. The van der Waals surface area contributed by atoms with Crippen molar-refractivity contribution in [1.29, 1.82) is 0 Å². The second-order valence-electron chi connectivity index (χ2n) is 5.56. The van der Waals surface area contributed by atoms with Gasteiger partial charge in [-0.05, 0) is 31.5 Å². The molecular formula is C15H17F3N2O2S. The minimum Gasteiger partial charge on any atom is -0.379 e. The van der Waals surface area contributed by atoms with Crippen LogP contribution in [0.2, 0.25) is 0 Å². The average molecular weight is 346 g/mol. The van der Waals surface area contributed by atoms with E-state index in [0.29, 0.717) is 23.9 Å². The molecule has 23 heavy (non-hydrogen) atoms. The van der Waals surface area contributed by atoms with Gasteiger partial charge < -0.3 is 14.8 Å². The van der Waals surface area contributed by atoms with Crippen LogP contribution in [0.15, 0.2) is 18.2 Å². The summed E-state index contributed by atoms with van der Waals surface area (Å²) >= 11 is 1.33. The lowest BCUT2D eigenvalue weighted by Gasteiger charge is -2.16. The van der Waals surface area contributed by atoms with Crippen molar-refractivity contribution in [3.8, 4) is 0 Å². The van der Waals surface area contributed by atoms with Gasteiger partial charge in [-0.3, -0.25) is 0 Å². The Kier molecular flexibility index (Phi) is 4.74. The van der Waals surface area contributed by atoms with E-state index in [-0.39, 0.29) is 12.1 Å². The van der Waals surface area contributed by atoms with Gasteiger partial charge in [-0.15, -0.1) is 0 Å². The first-order valence-corrected chi connectivity index (χ1v) is 8.17. The molecule has 2 aromatic rings. The van der Waals surface area contributed by atoms with Crippen molar-refractivity contribution in [2.75, 3.05) is 25.1 Å². The monoisotopic (exact) mass is 346 g/mol. The van der Waals surface area contributed by atoms with Crippen LogP contribution < -0.4 is 5.32 Å². The first kappa shape index (κ1) is 16.5. The highest BCUT2D eigenvalue weighted by Gasteiger charge is 2.30. The zero-order valence-electron chi connectivity index (χ0n) is 12.5. The highest BCUT2D eigenvalue weighted by atomic mass is 32.1. The lowest BCUT2D eigenvalue weighted by molar-refractivity contribution is -0.137. The second-order valence-corrected chi connectivity index (χ2v) is 6.59. The maximum absolute atomic E-state index is 12.7. The zero-order chi connectivity index (χ0) is 16.4. The van der Waals surface area contributed by atoms with Gasteiger partial charge in [0.1, 0.15) is 0 Å². The largest absolute Gasteiger partial charge is 0.416 e. The standard InChI is InChI=1S/C15H17F3N2O2S/c1-9(7-22-11-4-5-21-8-11)19-14-20-12-6-10(15(16,17)18)2-3-13(12)23-14/h2-3,6,9,11H,4-5,7-8H2,1H3,(H,19,20)/t9-,11-/m1/s1.